The summed E-state index contributed by atoms with van der Waals surface area (Å²) in [7, 11) is 0. The first-order valence-electron chi connectivity index (χ1n) is 8.44. The summed E-state index contributed by atoms with van der Waals surface area (Å²) in [5, 5.41) is 0. The first-order valence-corrected chi connectivity index (χ1v) is 8.44. The zero-order valence-corrected chi connectivity index (χ0v) is 13.8. The van der Waals surface area contributed by atoms with Gasteiger partial charge in [0, 0.05) is 19.1 Å². The summed E-state index contributed by atoms with van der Waals surface area (Å²) in [5.41, 5.74) is -0.548. The van der Waals surface area contributed by atoms with Gasteiger partial charge in [0.25, 0.3) is 5.91 Å². The molecule has 0 N–H and O–H groups in total. The average Bonchev–Trinajstić information content (AvgIpc) is 3.08. The van der Waals surface area contributed by atoms with Crippen LogP contribution in [0.3, 0.4) is 0 Å². The Kier molecular flexibility index (Phi) is 4.80. The molecule has 2 aliphatic heterocycles. The molecule has 132 valence electrons. The summed E-state index contributed by atoms with van der Waals surface area (Å²) in [6, 6.07) is 2.52. The van der Waals surface area contributed by atoms with Crippen LogP contribution in [0.15, 0.2) is 12.1 Å². The minimum Gasteiger partial charge on any atom is -0.337 e. The second-order valence-electron chi connectivity index (χ2n) is 6.62. The topological polar surface area (TPSA) is 36.4 Å². The van der Waals surface area contributed by atoms with Crippen LogP contribution < -0.4 is 0 Å². The van der Waals surface area contributed by atoms with Gasteiger partial charge in [0.15, 0.2) is 0 Å². The van der Waals surface area contributed by atoms with E-state index in [9.17, 15) is 18.0 Å². The van der Waals surface area contributed by atoms with Gasteiger partial charge in [0.1, 0.15) is 5.69 Å². The van der Waals surface area contributed by atoms with Crippen molar-refractivity contribution in [2.24, 2.45) is 0 Å². The van der Waals surface area contributed by atoms with Crippen LogP contribution in [-0.4, -0.2) is 52.9 Å². The van der Waals surface area contributed by atoms with Gasteiger partial charge < -0.3 is 4.90 Å². The molecule has 24 heavy (non-hydrogen) atoms. The van der Waals surface area contributed by atoms with Crippen LogP contribution in [0.4, 0.5) is 13.2 Å². The van der Waals surface area contributed by atoms with E-state index in [-0.39, 0.29) is 17.2 Å². The highest BCUT2D eigenvalue weighted by atomic mass is 19.4. The van der Waals surface area contributed by atoms with Crippen molar-refractivity contribution in [1.29, 1.82) is 0 Å². The van der Waals surface area contributed by atoms with E-state index in [1.807, 2.05) is 0 Å². The van der Waals surface area contributed by atoms with E-state index >= 15 is 0 Å². The SMILES string of the molecule is Cc1nc(C(F)(F)F)ccc1C(=O)N1CCC[C@@H](N2CCCC2)C1. The smallest absolute Gasteiger partial charge is 0.337 e. The fraction of sp³-hybridized carbons (Fsp3) is 0.647. The molecule has 7 heteroatoms. The lowest BCUT2D eigenvalue weighted by molar-refractivity contribution is -0.141. The highest BCUT2D eigenvalue weighted by Gasteiger charge is 2.34. The van der Waals surface area contributed by atoms with Crippen molar-refractivity contribution in [3.8, 4) is 0 Å². The Morgan fingerprint density at radius 3 is 2.50 bits per heavy atom. The predicted molar refractivity (Wildman–Crippen MR) is 83.7 cm³/mol. The maximum absolute atomic E-state index is 12.7. The van der Waals surface area contributed by atoms with Crippen LogP contribution in [0.25, 0.3) is 0 Å². The maximum atomic E-state index is 12.7. The third-order valence-electron chi connectivity index (χ3n) is 4.95. The predicted octanol–water partition coefficient (Wildman–Crippen LogP) is 3.11. The lowest BCUT2D eigenvalue weighted by atomic mass is 10.0. The molecule has 0 aliphatic carbocycles. The Balaban J connectivity index is 1.73. The molecule has 0 spiro atoms. The number of halogens is 3. The summed E-state index contributed by atoms with van der Waals surface area (Å²) in [4.78, 5) is 20.5. The lowest BCUT2D eigenvalue weighted by Gasteiger charge is -2.37. The maximum Gasteiger partial charge on any atom is 0.433 e. The monoisotopic (exact) mass is 341 g/mol. The van der Waals surface area contributed by atoms with Gasteiger partial charge in [-0.25, -0.2) is 4.98 Å². The van der Waals surface area contributed by atoms with Crippen molar-refractivity contribution >= 4 is 5.91 Å². The number of amides is 1. The summed E-state index contributed by atoms with van der Waals surface area (Å²) < 4.78 is 38.1. The Morgan fingerprint density at radius 1 is 1.17 bits per heavy atom. The van der Waals surface area contributed by atoms with E-state index in [0.717, 1.165) is 32.0 Å². The molecule has 0 bridgehead atoms. The number of alkyl halides is 3. The van der Waals surface area contributed by atoms with Gasteiger partial charge in [-0.15, -0.1) is 0 Å². The van der Waals surface area contributed by atoms with Gasteiger partial charge in [-0.2, -0.15) is 13.2 Å². The zero-order valence-electron chi connectivity index (χ0n) is 13.8. The minimum absolute atomic E-state index is 0.137. The number of carbonyl (C=O) groups is 1. The Morgan fingerprint density at radius 2 is 1.88 bits per heavy atom. The lowest BCUT2D eigenvalue weighted by Crippen LogP contribution is -2.49. The molecule has 1 amide bonds. The molecule has 3 rings (SSSR count). The van der Waals surface area contributed by atoms with Crippen LogP contribution >= 0.6 is 0 Å². The molecule has 0 saturated carbocycles. The largest absolute Gasteiger partial charge is 0.433 e. The molecule has 2 saturated heterocycles. The number of nitrogens with zero attached hydrogens (tertiary/aromatic N) is 3. The van der Waals surface area contributed by atoms with E-state index in [1.54, 1.807) is 4.90 Å². The van der Waals surface area contributed by atoms with Crippen LogP contribution in [0, 0.1) is 6.92 Å². The van der Waals surface area contributed by atoms with Crippen molar-refractivity contribution in [1.82, 2.24) is 14.8 Å². The van der Waals surface area contributed by atoms with Crippen molar-refractivity contribution in [2.45, 2.75) is 44.8 Å². The van der Waals surface area contributed by atoms with Gasteiger partial charge >= 0.3 is 6.18 Å². The van der Waals surface area contributed by atoms with Crippen LogP contribution in [0.5, 0.6) is 0 Å². The first kappa shape index (κ1) is 17.2. The number of piperidine rings is 1. The number of carbonyl (C=O) groups excluding carboxylic acids is 1. The van der Waals surface area contributed by atoms with Crippen LogP contribution in [0.1, 0.15) is 47.4 Å². The second kappa shape index (κ2) is 6.70. The van der Waals surface area contributed by atoms with Crippen molar-refractivity contribution in [2.75, 3.05) is 26.2 Å². The molecular weight excluding hydrogens is 319 g/mol. The molecule has 2 fully saturated rings. The van der Waals surface area contributed by atoms with Crippen molar-refractivity contribution in [3.63, 3.8) is 0 Å². The Bertz CT molecular complexity index is 612. The molecule has 2 aliphatic rings. The highest BCUT2D eigenvalue weighted by Crippen LogP contribution is 2.29. The van der Waals surface area contributed by atoms with Crippen LogP contribution in [0.2, 0.25) is 0 Å². The van der Waals surface area contributed by atoms with E-state index < -0.39 is 11.9 Å². The molecule has 1 atom stereocenters. The number of aromatic nitrogens is 1. The number of pyridine rings is 1. The van der Waals surface area contributed by atoms with Crippen molar-refractivity contribution in [3.05, 3.63) is 29.1 Å². The fourth-order valence-corrected chi connectivity index (χ4v) is 3.66. The number of likely N-dealkylation sites (tertiary alicyclic amines) is 2. The first-order chi connectivity index (χ1) is 11.4. The molecule has 4 nitrogen and oxygen atoms in total. The number of rotatable bonds is 2. The molecule has 3 heterocycles. The van der Waals surface area contributed by atoms with Crippen LogP contribution in [-0.2, 0) is 6.18 Å². The van der Waals surface area contributed by atoms with Gasteiger partial charge in [-0.05, 0) is 57.8 Å². The Labute approximate surface area is 139 Å². The van der Waals surface area contributed by atoms with Gasteiger partial charge in [0.05, 0.1) is 11.3 Å². The molecule has 0 radical (unpaired) electrons. The summed E-state index contributed by atoms with van der Waals surface area (Å²) >= 11 is 0. The average molecular weight is 341 g/mol. The fourth-order valence-electron chi connectivity index (χ4n) is 3.66. The van der Waals surface area contributed by atoms with Gasteiger partial charge in [0.2, 0.25) is 0 Å². The summed E-state index contributed by atoms with van der Waals surface area (Å²) in [6.07, 6.45) is -0.0783. The van der Waals surface area contributed by atoms with E-state index in [1.165, 1.54) is 25.8 Å². The third kappa shape index (κ3) is 3.55. The second-order valence-corrected chi connectivity index (χ2v) is 6.62. The normalized spacial score (nSPS) is 22.8. The molecular formula is C17H22F3N3O. The standard InChI is InChI=1S/C17H22F3N3O/c1-12-14(6-7-15(21-12)17(18,19)20)16(24)23-10-4-5-13(11-23)22-8-2-3-9-22/h6-7,13H,2-5,8-11H2,1H3/t13-/m1/s1. The molecule has 0 unspecified atom stereocenters. The molecule has 0 aromatic carbocycles. The molecule has 1 aromatic rings. The third-order valence-corrected chi connectivity index (χ3v) is 4.95. The number of hydrogen-bond acceptors (Lipinski definition) is 3. The quantitative estimate of drug-likeness (QED) is 0.829. The Hall–Kier alpha value is -1.63. The summed E-state index contributed by atoms with van der Waals surface area (Å²) in [5.74, 6) is -0.211. The van der Waals surface area contributed by atoms with E-state index in [2.05, 4.69) is 9.88 Å². The van der Waals surface area contributed by atoms with Gasteiger partial charge in [-0.3, -0.25) is 9.69 Å². The number of hydrogen-bond donors (Lipinski definition) is 0. The van der Waals surface area contributed by atoms with Gasteiger partial charge in [-0.1, -0.05) is 0 Å². The summed E-state index contributed by atoms with van der Waals surface area (Å²) in [6.45, 7) is 4.93. The molecule has 1 aromatic heterocycles. The van der Waals surface area contributed by atoms with E-state index in [0.29, 0.717) is 19.1 Å². The van der Waals surface area contributed by atoms with E-state index in [4.69, 9.17) is 0 Å². The highest BCUT2D eigenvalue weighted by molar-refractivity contribution is 5.95. The number of aryl methyl sites for hydroxylation is 1. The minimum atomic E-state index is -4.49. The van der Waals surface area contributed by atoms with Crippen molar-refractivity contribution < 1.29 is 18.0 Å². The zero-order chi connectivity index (χ0) is 17.3.